The van der Waals surface area contributed by atoms with Gasteiger partial charge in [-0.1, -0.05) is 12.1 Å². The van der Waals surface area contributed by atoms with Crippen molar-refractivity contribution in [1.29, 1.82) is 0 Å². The van der Waals surface area contributed by atoms with Gasteiger partial charge in [-0.15, -0.1) is 0 Å². The Morgan fingerprint density at radius 3 is 2.93 bits per heavy atom. The van der Waals surface area contributed by atoms with Crippen molar-refractivity contribution < 1.29 is 0 Å². The molecule has 0 radical (unpaired) electrons. The van der Waals surface area contributed by atoms with E-state index < -0.39 is 0 Å². The van der Waals surface area contributed by atoms with Gasteiger partial charge in [-0.25, -0.2) is 4.79 Å². The van der Waals surface area contributed by atoms with E-state index in [2.05, 4.69) is 4.98 Å². The van der Waals surface area contributed by atoms with Crippen molar-refractivity contribution in [3.63, 3.8) is 0 Å². The van der Waals surface area contributed by atoms with Gasteiger partial charge in [0.1, 0.15) is 0 Å². The van der Waals surface area contributed by atoms with Crippen LogP contribution in [0, 0.1) is 5.92 Å². The summed E-state index contributed by atoms with van der Waals surface area (Å²) in [6.07, 6.45) is 2.54. The van der Waals surface area contributed by atoms with E-state index in [1.807, 2.05) is 28.8 Å². The lowest BCUT2D eigenvalue weighted by molar-refractivity contribution is 0.624. The van der Waals surface area contributed by atoms with Gasteiger partial charge >= 0.3 is 5.69 Å². The highest BCUT2D eigenvalue weighted by molar-refractivity contribution is 5.74. The molecule has 3 nitrogen and oxygen atoms in total. The second-order valence-corrected chi connectivity index (χ2v) is 4.00. The van der Waals surface area contributed by atoms with Crippen LogP contribution in [0.4, 0.5) is 0 Å². The van der Waals surface area contributed by atoms with Crippen LogP contribution >= 0.6 is 0 Å². The Kier molecular flexibility index (Phi) is 1.54. The molecule has 0 spiro atoms. The van der Waals surface area contributed by atoms with Crippen LogP contribution in [0.5, 0.6) is 0 Å². The number of imidazole rings is 1. The lowest BCUT2D eigenvalue weighted by Gasteiger charge is -1.99. The van der Waals surface area contributed by atoms with Crippen LogP contribution in [-0.2, 0) is 6.54 Å². The molecule has 3 heteroatoms. The van der Waals surface area contributed by atoms with E-state index in [9.17, 15) is 4.79 Å². The summed E-state index contributed by atoms with van der Waals surface area (Å²) < 4.78 is 1.85. The van der Waals surface area contributed by atoms with Gasteiger partial charge in [0.25, 0.3) is 0 Å². The van der Waals surface area contributed by atoms with Crippen LogP contribution in [-0.4, -0.2) is 9.55 Å². The third kappa shape index (κ3) is 1.16. The van der Waals surface area contributed by atoms with Crippen molar-refractivity contribution in [2.75, 3.05) is 0 Å². The fraction of sp³-hybridized carbons (Fsp3) is 0.364. The molecular weight excluding hydrogens is 176 g/mol. The standard InChI is InChI=1S/C11H12N2O/c14-11-12-9-3-1-2-4-10(9)13(11)7-8-5-6-8/h1-4,8H,5-7H2,(H,12,14). The van der Waals surface area contributed by atoms with Crippen LogP contribution in [0.25, 0.3) is 11.0 Å². The fourth-order valence-corrected chi connectivity index (χ4v) is 1.85. The molecule has 1 aliphatic carbocycles. The molecule has 3 rings (SSSR count). The summed E-state index contributed by atoms with van der Waals surface area (Å²) >= 11 is 0. The summed E-state index contributed by atoms with van der Waals surface area (Å²) in [5, 5.41) is 0. The Labute approximate surface area is 81.4 Å². The number of hydrogen-bond acceptors (Lipinski definition) is 1. The summed E-state index contributed by atoms with van der Waals surface area (Å²) in [6.45, 7) is 0.878. The maximum absolute atomic E-state index is 11.6. The first-order valence-corrected chi connectivity index (χ1v) is 5.02. The Morgan fingerprint density at radius 2 is 2.14 bits per heavy atom. The predicted octanol–water partition coefficient (Wildman–Crippen LogP) is 1.74. The van der Waals surface area contributed by atoms with Crippen molar-refractivity contribution in [3.05, 3.63) is 34.7 Å². The van der Waals surface area contributed by atoms with E-state index in [0.29, 0.717) is 0 Å². The maximum Gasteiger partial charge on any atom is 0.326 e. The Bertz CT molecular complexity index is 519. The van der Waals surface area contributed by atoms with E-state index in [1.54, 1.807) is 0 Å². The van der Waals surface area contributed by atoms with Gasteiger partial charge in [-0.05, 0) is 30.9 Å². The van der Waals surface area contributed by atoms with Gasteiger partial charge in [0.2, 0.25) is 0 Å². The topological polar surface area (TPSA) is 37.8 Å². The van der Waals surface area contributed by atoms with Crippen molar-refractivity contribution in [1.82, 2.24) is 9.55 Å². The van der Waals surface area contributed by atoms with Crippen molar-refractivity contribution >= 4 is 11.0 Å². The number of para-hydroxylation sites is 2. The molecule has 0 amide bonds. The zero-order valence-electron chi connectivity index (χ0n) is 7.86. The predicted molar refractivity (Wildman–Crippen MR) is 55.3 cm³/mol. The molecule has 72 valence electrons. The number of aromatic nitrogens is 2. The molecule has 0 saturated heterocycles. The molecule has 2 aromatic rings. The molecule has 1 aromatic carbocycles. The Balaban J connectivity index is 2.18. The number of hydrogen-bond donors (Lipinski definition) is 1. The first-order chi connectivity index (χ1) is 6.84. The van der Waals surface area contributed by atoms with E-state index in [-0.39, 0.29) is 5.69 Å². The SMILES string of the molecule is O=c1[nH]c2ccccc2n1CC1CC1. The molecule has 0 aliphatic heterocycles. The maximum atomic E-state index is 11.6. The smallest absolute Gasteiger partial charge is 0.306 e. The molecule has 1 fully saturated rings. The Morgan fingerprint density at radius 1 is 1.36 bits per heavy atom. The van der Waals surface area contributed by atoms with Crippen molar-refractivity contribution in [2.45, 2.75) is 19.4 Å². The second kappa shape index (κ2) is 2.74. The second-order valence-electron chi connectivity index (χ2n) is 4.00. The largest absolute Gasteiger partial charge is 0.326 e. The van der Waals surface area contributed by atoms with E-state index in [4.69, 9.17) is 0 Å². The highest BCUT2D eigenvalue weighted by Gasteiger charge is 2.23. The summed E-state index contributed by atoms with van der Waals surface area (Å²) in [5.74, 6) is 0.729. The molecule has 1 aliphatic rings. The van der Waals surface area contributed by atoms with Gasteiger partial charge in [0.15, 0.2) is 0 Å². The van der Waals surface area contributed by atoms with Gasteiger partial charge in [-0.2, -0.15) is 0 Å². The van der Waals surface area contributed by atoms with Crippen LogP contribution in [0.2, 0.25) is 0 Å². The van der Waals surface area contributed by atoms with Crippen LogP contribution in [0.15, 0.2) is 29.1 Å². The molecule has 1 N–H and O–H groups in total. The number of rotatable bonds is 2. The monoisotopic (exact) mass is 188 g/mol. The summed E-state index contributed by atoms with van der Waals surface area (Å²) in [5.41, 5.74) is 2.00. The lowest BCUT2D eigenvalue weighted by Crippen LogP contribution is -2.17. The van der Waals surface area contributed by atoms with Crippen LogP contribution in [0.1, 0.15) is 12.8 Å². The molecule has 0 unspecified atom stereocenters. The number of nitrogens with one attached hydrogen (secondary N) is 1. The van der Waals surface area contributed by atoms with Crippen LogP contribution in [0.3, 0.4) is 0 Å². The molecule has 1 heterocycles. The molecule has 14 heavy (non-hydrogen) atoms. The van der Waals surface area contributed by atoms with E-state index in [1.165, 1.54) is 12.8 Å². The number of fused-ring (bicyclic) bond motifs is 1. The van der Waals surface area contributed by atoms with Crippen molar-refractivity contribution in [2.24, 2.45) is 5.92 Å². The quantitative estimate of drug-likeness (QED) is 0.765. The average molecular weight is 188 g/mol. The third-order valence-electron chi connectivity index (χ3n) is 2.82. The first-order valence-electron chi connectivity index (χ1n) is 5.02. The number of nitrogens with zero attached hydrogens (tertiary/aromatic N) is 1. The number of benzene rings is 1. The van der Waals surface area contributed by atoms with Gasteiger partial charge in [0.05, 0.1) is 11.0 Å². The zero-order chi connectivity index (χ0) is 9.54. The van der Waals surface area contributed by atoms with Gasteiger partial charge in [0, 0.05) is 6.54 Å². The summed E-state index contributed by atoms with van der Waals surface area (Å²) in [7, 11) is 0. The molecular formula is C11H12N2O. The summed E-state index contributed by atoms with van der Waals surface area (Å²) in [4.78, 5) is 14.5. The average Bonchev–Trinajstić information content (AvgIpc) is 2.93. The minimum atomic E-state index is 0.0260. The van der Waals surface area contributed by atoms with Gasteiger partial charge in [-0.3, -0.25) is 4.57 Å². The minimum Gasteiger partial charge on any atom is -0.306 e. The highest BCUT2D eigenvalue weighted by Crippen LogP contribution is 2.30. The fourth-order valence-electron chi connectivity index (χ4n) is 1.85. The molecule has 0 bridgehead atoms. The highest BCUT2D eigenvalue weighted by atomic mass is 16.1. The van der Waals surface area contributed by atoms with Crippen LogP contribution < -0.4 is 5.69 Å². The van der Waals surface area contributed by atoms with E-state index in [0.717, 1.165) is 23.5 Å². The zero-order valence-corrected chi connectivity index (χ0v) is 7.86. The molecule has 1 aromatic heterocycles. The third-order valence-corrected chi connectivity index (χ3v) is 2.82. The summed E-state index contributed by atoms with van der Waals surface area (Å²) in [6, 6.07) is 7.86. The number of aromatic amines is 1. The normalized spacial score (nSPS) is 16.3. The number of H-pyrrole nitrogens is 1. The lowest BCUT2D eigenvalue weighted by atomic mass is 10.3. The first kappa shape index (κ1) is 7.85. The molecule has 0 atom stereocenters. The molecule has 1 saturated carbocycles. The van der Waals surface area contributed by atoms with E-state index >= 15 is 0 Å². The van der Waals surface area contributed by atoms with Gasteiger partial charge < -0.3 is 4.98 Å². The van der Waals surface area contributed by atoms with Crippen molar-refractivity contribution in [3.8, 4) is 0 Å². The minimum absolute atomic E-state index is 0.0260. The Hall–Kier alpha value is -1.51.